The van der Waals surface area contributed by atoms with Gasteiger partial charge in [-0.2, -0.15) is 0 Å². The van der Waals surface area contributed by atoms with Crippen LogP contribution in [0, 0.1) is 11.8 Å². The van der Waals surface area contributed by atoms with Crippen molar-refractivity contribution in [3.05, 3.63) is 18.0 Å². The standard InChI is InChI=1S/C11H16N2O/c1-4-5-6-9(2)12-10(3)11-7-8-14-13-11/h7-10,12H,4H2,1-3H3. The molecule has 0 aromatic carbocycles. The van der Waals surface area contributed by atoms with Gasteiger partial charge in [-0.25, -0.2) is 0 Å². The second-order valence-electron chi connectivity index (χ2n) is 3.21. The van der Waals surface area contributed by atoms with Crippen LogP contribution in [0.5, 0.6) is 0 Å². The molecule has 1 rings (SSSR count). The molecular weight excluding hydrogens is 176 g/mol. The number of aromatic nitrogens is 1. The van der Waals surface area contributed by atoms with E-state index in [9.17, 15) is 0 Å². The van der Waals surface area contributed by atoms with Crippen molar-refractivity contribution in [2.24, 2.45) is 0 Å². The summed E-state index contributed by atoms with van der Waals surface area (Å²) in [4.78, 5) is 0. The molecule has 14 heavy (non-hydrogen) atoms. The van der Waals surface area contributed by atoms with E-state index < -0.39 is 0 Å². The van der Waals surface area contributed by atoms with Gasteiger partial charge in [-0.1, -0.05) is 18.0 Å². The first kappa shape index (κ1) is 10.8. The van der Waals surface area contributed by atoms with Gasteiger partial charge in [0.1, 0.15) is 12.0 Å². The quantitative estimate of drug-likeness (QED) is 0.745. The fourth-order valence-electron chi connectivity index (χ4n) is 1.20. The highest BCUT2D eigenvalue weighted by molar-refractivity contribution is 5.09. The zero-order valence-electron chi connectivity index (χ0n) is 8.87. The molecule has 1 aromatic rings. The Kier molecular flexibility index (Phi) is 4.21. The Hall–Kier alpha value is -1.27. The van der Waals surface area contributed by atoms with Gasteiger partial charge in [0.25, 0.3) is 0 Å². The van der Waals surface area contributed by atoms with Crippen molar-refractivity contribution in [1.29, 1.82) is 0 Å². The van der Waals surface area contributed by atoms with Crippen molar-refractivity contribution in [3.8, 4) is 11.8 Å². The van der Waals surface area contributed by atoms with Crippen LogP contribution in [0.25, 0.3) is 0 Å². The van der Waals surface area contributed by atoms with Crippen LogP contribution in [-0.4, -0.2) is 11.2 Å². The van der Waals surface area contributed by atoms with E-state index in [1.807, 2.05) is 26.8 Å². The maximum absolute atomic E-state index is 4.77. The fourth-order valence-corrected chi connectivity index (χ4v) is 1.20. The molecule has 0 aliphatic heterocycles. The van der Waals surface area contributed by atoms with Crippen LogP contribution in [0.3, 0.4) is 0 Å². The smallest absolute Gasteiger partial charge is 0.124 e. The largest absolute Gasteiger partial charge is 0.364 e. The molecule has 0 fully saturated rings. The minimum Gasteiger partial charge on any atom is -0.364 e. The molecule has 0 aliphatic rings. The third-order valence-electron chi connectivity index (χ3n) is 1.90. The molecule has 0 bridgehead atoms. The summed E-state index contributed by atoms with van der Waals surface area (Å²) >= 11 is 0. The highest BCUT2D eigenvalue weighted by atomic mass is 16.5. The summed E-state index contributed by atoms with van der Waals surface area (Å²) in [7, 11) is 0. The van der Waals surface area contributed by atoms with Gasteiger partial charge in [0.15, 0.2) is 0 Å². The first-order valence-corrected chi connectivity index (χ1v) is 4.88. The van der Waals surface area contributed by atoms with Crippen molar-refractivity contribution >= 4 is 0 Å². The van der Waals surface area contributed by atoms with Crippen molar-refractivity contribution in [1.82, 2.24) is 10.5 Å². The summed E-state index contributed by atoms with van der Waals surface area (Å²) in [6, 6.07) is 2.22. The molecule has 2 atom stereocenters. The Morgan fingerprint density at radius 1 is 1.57 bits per heavy atom. The van der Waals surface area contributed by atoms with Crippen LogP contribution in [0.15, 0.2) is 16.9 Å². The lowest BCUT2D eigenvalue weighted by molar-refractivity contribution is 0.397. The molecule has 0 radical (unpaired) electrons. The molecule has 3 nitrogen and oxygen atoms in total. The average Bonchev–Trinajstić information content (AvgIpc) is 2.67. The second-order valence-corrected chi connectivity index (χ2v) is 3.21. The van der Waals surface area contributed by atoms with Gasteiger partial charge in [-0.3, -0.25) is 5.32 Å². The van der Waals surface area contributed by atoms with Crippen molar-refractivity contribution in [2.45, 2.75) is 39.3 Å². The molecule has 3 heteroatoms. The highest BCUT2D eigenvalue weighted by Crippen LogP contribution is 2.08. The summed E-state index contributed by atoms with van der Waals surface area (Å²) in [5.74, 6) is 6.15. The van der Waals surface area contributed by atoms with Crippen LogP contribution in [0.2, 0.25) is 0 Å². The number of hydrogen-bond donors (Lipinski definition) is 1. The van der Waals surface area contributed by atoms with Crippen molar-refractivity contribution in [2.75, 3.05) is 0 Å². The molecular formula is C11H16N2O. The molecule has 0 aliphatic carbocycles. The highest BCUT2D eigenvalue weighted by Gasteiger charge is 2.09. The maximum Gasteiger partial charge on any atom is 0.124 e. The van der Waals surface area contributed by atoms with Crippen LogP contribution in [-0.2, 0) is 0 Å². The molecule has 0 spiro atoms. The second kappa shape index (κ2) is 5.46. The average molecular weight is 192 g/mol. The summed E-state index contributed by atoms with van der Waals surface area (Å²) in [6.45, 7) is 6.13. The van der Waals surface area contributed by atoms with Gasteiger partial charge in [0, 0.05) is 12.5 Å². The predicted octanol–water partition coefficient (Wildman–Crippen LogP) is 2.13. The maximum atomic E-state index is 4.77. The van der Waals surface area contributed by atoms with E-state index in [1.165, 1.54) is 0 Å². The summed E-state index contributed by atoms with van der Waals surface area (Å²) in [6.07, 6.45) is 2.47. The Balaban J connectivity index is 2.45. The number of rotatable bonds is 3. The van der Waals surface area contributed by atoms with E-state index in [1.54, 1.807) is 6.26 Å². The van der Waals surface area contributed by atoms with E-state index in [4.69, 9.17) is 4.52 Å². The molecule has 1 N–H and O–H groups in total. The lowest BCUT2D eigenvalue weighted by Crippen LogP contribution is -2.27. The molecule has 0 saturated heterocycles. The van der Waals surface area contributed by atoms with Gasteiger partial charge in [-0.05, 0) is 13.8 Å². The Morgan fingerprint density at radius 2 is 2.36 bits per heavy atom. The molecule has 1 aromatic heterocycles. The molecule has 2 unspecified atom stereocenters. The number of hydrogen-bond acceptors (Lipinski definition) is 3. The minimum atomic E-state index is 0.176. The van der Waals surface area contributed by atoms with E-state index >= 15 is 0 Å². The van der Waals surface area contributed by atoms with E-state index in [0.29, 0.717) is 0 Å². The number of nitrogens with one attached hydrogen (secondary N) is 1. The molecule has 0 saturated carbocycles. The summed E-state index contributed by atoms with van der Waals surface area (Å²) < 4.78 is 4.77. The van der Waals surface area contributed by atoms with Gasteiger partial charge in [0.2, 0.25) is 0 Å². The lowest BCUT2D eigenvalue weighted by Gasteiger charge is -2.13. The number of nitrogens with zero attached hydrogens (tertiary/aromatic N) is 1. The van der Waals surface area contributed by atoms with Gasteiger partial charge in [0.05, 0.1) is 12.1 Å². The minimum absolute atomic E-state index is 0.176. The van der Waals surface area contributed by atoms with Crippen molar-refractivity contribution < 1.29 is 4.52 Å². The van der Waals surface area contributed by atoms with E-state index in [-0.39, 0.29) is 12.1 Å². The van der Waals surface area contributed by atoms with Gasteiger partial charge < -0.3 is 4.52 Å². The normalized spacial score (nSPS) is 14.2. The van der Waals surface area contributed by atoms with Crippen LogP contribution >= 0.6 is 0 Å². The Labute approximate surface area is 84.9 Å². The first-order valence-electron chi connectivity index (χ1n) is 4.88. The third-order valence-corrected chi connectivity index (χ3v) is 1.90. The molecule has 76 valence electrons. The predicted molar refractivity (Wildman–Crippen MR) is 55.6 cm³/mol. The topological polar surface area (TPSA) is 38.1 Å². The van der Waals surface area contributed by atoms with Crippen molar-refractivity contribution in [3.63, 3.8) is 0 Å². The van der Waals surface area contributed by atoms with Crippen LogP contribution in [0.1, 0.15) is 38.9 Å². The summed E-state index contributed by atoms with van der Waals surface area (Å²) in [5.41, 5.74) is 0.912. The molecule has 1 heterocycles. The fraction of sp³-hybridized carbons (Fsp3) is 0.545. The van der Waals surface area contributed by atoms with E-state index in [2.05, 4.69) is 22.3 Å². The van der Waals surface area contributed by atoms with Gasteiger partial charge >= 0.3 is 0 Å². The lowest BCUT2D eigenvalue weighted by atomic mass is 10.2. The Morgan fingerprint density at radius 3 is 2.93 bits per heavy atom. The van der Waals surface area contributed by atoms with E-state index in [0.717, 1.165) is 12.1 Å². The Bertz CT molecular complexity index is 308. The van der Waals surface area contributed by atoms with Gasteiger partial charge in [-0.15, -0.1) is 5.92 Å². The third kappa shape index (κ3) is 3.23. The zero-order valence-corrected chi connectivity index (χ0v) is 8.87. The first-order chi connectivity index (χ1) is 6.74. The monoisotopic (exact) mass is 192 g/mol. The SMILES string of the molecule is CCC#CC(C)NC(C)c1ccon1. The zero-order chi connectivity index (χ0) is 10.4. The van der Waals surface area contributed by atoms with Crippen LogP contribution in [0.4, 0.5) is 0 Å². The summed E-state index contributed by atoms with van der Waals surface area (Å²) in [5, 5.41) is 7.18. The molecule has 0 amide bonds. The van der Waals surface area contributed by atoms with Crippen LogP contribution < -0.4 is 5.32 Å².